The van der Waals surface area contributed by atoms with Crippen LogP contribution in [0.5, 0.6) is 0 Å². The van der Waals surface area contributed by atoms with Crippen molar-refractivity contribution in [2.75, 3.05) is 33.2 Å². The van der Waals surface area contributed by atoms with Crippen LogP contribution in [-0.4, -0.2) is 46.5 Å². The van der Waals surface area contributed by atoms with E-state index in [4.69, 9.17) is 5.73 Å². The lowest BCUT2D eigenvalue weighted by molar-refractivity contribution is 0.327. The van der Waals surface area contributed by atoms with E-state index in [1.54, 1.807) is 12.1 Å². The summed E-state index contributed by atoms with van der Waals surface area (Å²) in [6.07, 6.45) is 1.73. The second-order valence-corrected chi connectivity index (χ2v) is 7.47. The first-order chi connectivity index (χ1) is 11.0. The molecule has 0 aliphatic heterocycles. The third-order valence-electron chi connectivity index (χ3n) is 3.78. The first-order valence-electron chi connectivity index (χ1n) is 7.90. The molecule has 0 saturated carbocycles. The van der Waals surface area contributed by atoms with Crippen LogP contribution in [0, 0.1) is 0 Å². The molecule has 3 N–H and O–H groups in total. The minimum atomic E-state index is -3.46. The van der Waals surface area contributed by atoms with E-state index < -0.39 is 10.0 Å². The molecular weight excluding hydrogens is 310 g/mol. The molecule has 0 heterocycles. The first kappa shape index (κ1) is 17.9. The molecule has 0 spiro atoms. The van der Waals surface area contributed by atoms with Crippen molar-refractivity contribution in [2.24, 2.45) is 5.73 Å². The Balaban J connectivity index is 1.90. The summed E-state index contributed by atoms with van der Waals surface area (Å²) in [5, 5.41) is 1.96. The Hall–Kier alpha value is -1.47. The Bertz CT molecular complexity index is 731. The molecule has 0 saturated heterocycles. The Morgan fingerprint density at radius 3 is 2.48 bits per heavy atom. The molecule has 0 unspecified atom stereocenters. The van der Waals surface area contributed by atoms with Crippen LogP contribution in [0.4, 0.5) is 0 Å². The van der Waals surface area contributed by atoms with E-state index in [0.717, 1.165) is 36.7 Å². The monoisotopic (exact) mass is 335 g/mol. The number of nitrogens with two attached hydrogens (primary N) is 1. The number of hydrogen-bond acceptors (Lipinski definition) is 4. The van der Waals surface area contributed by atoms with E-state index in [2.05, 4.69) is 9.62 Å². The Morgan fingerprint density at radius 2 is 1.74 bits per heavy atom. The lowest BCUT2D eigenvalue weighted by Gasteiger charge is -2.16. The topological polar surface area (TPSA) is 75.4 Å². The van der Waals surface area contributed by atoms with Crippen LogP contribution in [0.3, 0.4) is 0 Å². The molecule has 2 aromatic rings. The van der Waals surface area contributed by atoms with E-state index in [1.807, 2.05) is 37.4 Å². The van der Waals surface area contributed by atoms with Crippen LogP contribution in [-0.2, 0) is 10.0 Å². The van der Waals surface area contributed by atoms with Gasteiger partial charge in [0.2, 0.25) is 10.0 Å². The van der Waals surface area contributed by atoms with Crippen molar-refractivity contribution in [1.82, 2.24) is 9.62 Å². The highest BCUT2D eigenvalue weighted by Crippen LogP contribution is 2.18. The minimum absolute atomic E-state index is 0.313. The molecule has 0 radical (unpaired) electrons. The average Bonchev–Trinajstić information content (AvgIpc) is 2.56. The molecule has 0 atom stereocenters. The van der Waals surface area contributed by atoms with Crippen molar-refractivity contribution in [3.05, 3.63) is 42.5 Å². The SMILES string of the molecule is CN(CCCN)CCCNS(=O)(=O)c1ccc2ccccc2c1. The molecule has 0 bridgehead atoms. The summed E-state index contributed by atoms with van der Waals surface area (Å²) < 4.78 is 27.4. The number of fused-ring (bicyclic) bond motifs is 1. The van der Waals surface area contributed by atoms with Crippen molar-refractivity contribution >= 4 is 20.8 Å². The number of benzene rings is 2. The smallest absolute Gasteiger partial charge is 0.240 e. The van der Waals surface area contributed by atoms with Crippen LogP contribution in [0.25, 0.3) is 10.8 Å². The van der Waals surface area contributed by atoms with Gasteiger partial charge in [-0.2, -0.15) is 0 Å². The molecule has 0 aliphatic carbocycles. The predicted octanol–water partition coefficient (Wildman–Crippen LogP) is 1.79. The molecule has 126 valence electrons. The zero-order valence-corrected chi connectivity index (χ0v) is 14.3. The largest absolute Gasteiger partial charge is 0.330 e. The second kappa shape index (κ2) is 8.40. The maximum Gasteiger partial charge on any atom is 0.240 e. The molecule has 0 fully saturated rings. The van der Waals surface area contributed by atoms with Crippen LogP contribution in [0.1, 0.15) is 12.8 Å². The highest BCUT2D eigenvalue weighted by atomic mass is 32.2. The van der Waals surface area contributed by atoms with Crippen molar-refractivity contribution in [2.45, 2.75) is 17.7 Å². The molecule has 5 nitrogen and oxygen atoms in total. The van der Waals surface area contributed by atoms with Gasteiger partial charge in [0.15, 0.2) is 0 Å². The Kier molecular flexibility index (Phi) is 6.53. The summed E-state index contributed by atoms with van der Waals surface area (Å²) in [6.45, 7) is 2.90. The zero-order chi connectivity index (χ0) is 16.7. The molecule has 23 heavy (non-hydrogen) atoms. The molecule has 2 aromatic carbocycles. The number of rotatable bonds is 9. The van der Waals surface area contributed by atoms with Crippen molar-refractivity contribution in [1.29, 1.82) is 0 Å². The highest BCUT2D eigenvalue weighted by Gasteiger charge is 2.13. The maximum absolute atomic E-state index is 12.4. The standard InChI is InChI=1S/C17H25N3O2S/c1-20(12-4-10-18)13-5-11-19-23(21,22)17-9-8-15-6-2-3-7-16(15)14-17/h2-3,6-9,14,19H,4-5,10-13,18H2,1H3. The normalized spacial score (nSPS) is 12.1. The molecular formula is C17H25N3O2S. The lowest BCUT2D eigenvalue weighted by Crippen LogP contribution is -2.29. The number of sulfonamides is 1. The van der Waals surface area contributed by atoms with Gasteiger partial charge in [-0.25, -0.2) is 13.1 Å². The fourth-order valence-electron chi connectivity index (χ4n) is 2.45. The van der Waals surface area contributed by atoms with Crippen LogP contribution < -0.4 is 10.5 Å². The fraction of sp³-hybridized carbons (Fsp3) is 0.412. The van der Waals surface area contributed by atoms with Gasteiger partial charge in [-0.05, 0) is 62.4 Å². The third kappa shape index (κ3) is 5.28. The maximum atomic E-state index is 12.4. The van der Waals surface area contributed by atoms with Gasteiger partial charge in [-0.1, -0.05) is 30.3 Å². The number of hydrogen-bond donors (Lipinski definition) is 2. The van der Waals surface area contributed by atoms with Gasteiger partial charge in [0.25, 0.3) is 0 Å². The van der Waals surface area contributed by atoms with Gasteiger partial charge in [0.1, 0.15) is 0 Å². The summed E-state index contributed by atoms with van der Waals surface area (Å²) >= 11 is 0. The van der Waals surface area contributed by atoms with Crippen LogP contribution >= 0.6 is 0 Å². The van der Waals surface area contributed by atoms with Crippen molar-refractivity contribution in [3.63, 3.8) is 0 Å². The third-order valence-corrected chi connectivity index (χ3v) is 5.24. The average molecular weight is 335 g/mol. The Morgan fingerprint density at radius 1 is 1.04 bits per heavy atom. The van der Waals surface area contributed by atoms with E-state index in [0.29, 0.717) is 18.0 Å². The second-order valence-electron chi connectivity index (χ2n) is 5.71. The van der Waals surface area contributed by atoms with Crippen molar-refractivity contribution < 1.29 is 8.42 Å². The van der Waals surface area contributed by atoms with Gasteiger partial charge in [-0.15, -0.1) is 0 Å². The number of nitrogens with one attached hydrogen (secondary N) is 1. The molecule has 0 aliphatic rings. The van der Waals surface area contributed by atoms with Gasteiger partial charge in [0, 0.05) is 6.54 Å². The van der Waals surface area contributed by atoms with Gasteiger partial charge >= 0.3 is 0 Å². The fourth-order valence-corrected chi connectivity index (χ4v) is 3.56. The van der Waals surface area contributed by atoms with Crippen molar-refractivity contribution in [3.8, 4) is 0 Å². The summed E-state index contributed by atoms with van der Waals surface area (Å²) in [7, 11) is -1.43. The summed E-state index contributed by atoms with van der Waals surface area (Å²) in [6, 6.07) is 12.9. The summed E-state index contributed by atoms with van der Waals surface area (Å²) in [4.78, 5) is 2.48. The Labute approximate surface area is 138 Å². The zero-order valence-electron chi connectivity index (χ0n) is 13.5. The van der Waals surface area contributed by atoms with E-state index in [-0.39, 0.29) is 0 Å². The molecule has 0 amide bonds. The van der Waals surface area contributed by atoms with Gasteiger partial charge in [0.05, 0.1) is 4.90 Å². The lowest BCUT2D eigenvalue weighted by atomic mass is 10.1. The molecule has 0 aromatic heterocycles. The van der Waals surface area contributed by atoms with E-state index >= 15 is 0 Å². The highest BCUT2D eigenvalue weighted by molar-refractivity contribution is 7.89. The molecule has 6 heteroatoms. The molecule has 2 rings (SSSR count). The van der Waals surface area contributed by atoms with E-state index in [9.17, 15) is 8.42 Å². The first-order valence-corrected chi connectivity index (χ1v) is 9.38. The van der Waals surface area contributed by atoms with E-state index in [1.165, 1.54) is 0 Å². The minimum Gasteiger partial charge on any atom is -0.330 e. The quantitative estimate of drug-likeness (QED) is 0.685. The van der Waals surface area contributed by atoms with Crippen LogP contribution in [0.15, 0.2) is 47.4 Å². The van der Waals surface area contributed by atoms with Gasteiger partial charge in [-0.3, -0.25) is 0 Å². The van der Waals surface area contributed by atoms with Gasteiger partial charge < -0.3 is 10.6 Å². The summed E-state index contributed by atoms with van der Waals surface area (Å²) in [5.41, 5.74) is 5.47. The van der Waals surface area contributed by atoms with Crippen LogP contribution in [0.2, 0.25) is 0 Å². The predicted molar refractivity (Wildman–Crippen MR) is 94.9 cm³/mol. The summed E-state index contributed by atoms with van der Waals surface area (Å²) in [5.74, 6) is 0. The number of nitrogens with zero attached hydrogens (tertiary/aromatic N) is 1.